The number of nitrogens with zero attached hydrogens (tertiary/aromatic N) is 1. The first-order valence-electron chi connectivity index (χ1n) is 8.92. The summed E-state index contributed by atoms with van der Waals surface area (Å²) in [6.07, 6.45) is 1.70. The van der Waals surface area contributed by atoms with Crippen LogP contribution in [-0.2, 0) is 9.59 Å². The molecule has 0 aliphatic carbocycles. The Labute approximate surface area is 158 Å². The normalized spacial score (nSPS) is 16.3. The van der Waals surface area contributed by atoms with Crippen molar-refractivity contribution in [1.82, 2.24) is 4.90 Å². The van der Waals surface area contributed by atoms with Crippen LogP contribution in [0.3, 0.4) is 0 Å². The molecule has 26 heavy (non-hydrogen) atoms. The van der Waals surface area contributed by atoms with Gasteiger partial charge in [0.1, 0.15) is 0 Å². The maximum Gasteiger partial charge on any atom is 0.223 e. The number of piperidine rings is 1. The van der Waals surface area contributed by atoms with E-state index >= 15 is 0 Å². The maximum absolute atomic E-state index is 12.9. The van der Waals surface area contributed by atoms with E-state index in [1.807, 2.05) is 59.5 Å². The van der Waals surface area contributed by atoms with Crippen LogP contribution in [-0.4, -0.2) is 29.8 Å². The van der Waals surface area contributed by atoms with Crippen molar-refractivity contribution in [1.29, 1.82) is 0 Å². The summed E-state index contributed by atoms with van der Waals surface area (Å²) >= 11 is 6.02. The van der Waals surface area contributed by atoms with E-state index in [9.17, 15) is 9.59 Å². The molecule has 5 heteroatoms. The lowest BCUT2D eigenvalue weighted by Gasteiger charge is -2.32. The van der Waals surface area contributed by atoms with Crippen molar-refractivity contribution in [3.05, 3.63) is 70.7 Å². The number of nitrogens with two attached hydrogens (primary N) is 1. The van der Waals surface area contributed by atoms with Gasteiger partial charge in [0.2, 0.25) is 11.8 Å². The number of amides is 2. The Hall–Kier alpha value is -2.33. The van der Waals surface area contributed by atoms with E-state index in [1.54, 1.807) is 0 Å². The van der Waals surface area contributed by atoms with Gasteiger partial charge >= 0.3 is 0 Å². The summed E-state index contributed by atoms with van der Waals surface area (Å²) in [6, 6.07) is 17.7. The van der Waals surface area contributed by atoms with E-state index in [2.05, 4.69) is 0 Å². The summed E-state index contributed by atoms with van der Waals surface area (Å²) in [5.74, 6) is -0.285. The molecule has 0 spiro atoms. The molecule has 2 amide bonds. The third kappa shape index (κ3) is 4.44. The summed E-state index contributed by atoms with van der Waals surface area (Å²) in [4.78, 5) is 26.0. The van der Waals surface area contributed by atoms with E-state index < -0.39 is 0 Å². The zero-order valence-corrected chi connectivity index (χ0v) is 15.4. The molecule has 1 aliphatic rings. The highest BCUT2D eigenvalue weighted by Gasteiger charge is 2.28. The van der Waals surface area contributed by atoms with Gasteiger partial charge in [0, 0.05) is 36.4 Å². The highest BCUT2D eigenvalue weighted by molar-refractivity contribution is 6.30. The van der Waals surface area contributed by atoms with Crippen molar-refractivity contribution >= 4 is 23.4 Å². The van der Waals surface area contributed by atoms with Gasteiger partial charge in [0.15, 0.2) is 0 Å². The molecule has 0 saturated carbocycles. The van der Waals surface area contributed by atoms with Gasteiger partial charge in [-0.3, -0.25) is 9.59 Å². The van der Waals surface area contributed by atoms with Gasteiger partial charge in [-0.2, -0.15) is 0 Å². The topological polar surface area (TPSA) is 63.4 Å². The molecule has 2 aromatic rings. The molecule has 1 fully saturated rings. The van der Waals surface area contributed by atoms with Crippen molar-refractivity contribution in [2.45, 2.75) is 25.2 Å². The molecule has 136 valence electrons. The Morgan fingerprint density at radius 3 is 2.15 bits per heavy atom. The number of carbonyl (C=O) groups excluding carboxylic acids is 2. The number of likely N-dealkylation sites (tertiary alicyclic amines) is 1. The van der Waals surface area contributed by atoms with Gasteiger partial charge in [-0.1, -0.05) is 54.1 Å². The van der Waals surface area contributed by atoms with E-state index in [1.165, 1.54) is 0 Å². The summed E-state index contributed by atoms with van der Waals surface area (Å²) in [6.45, 7) is 1.18. The fourth-order valence-corrected chi connectivity index (χ4v) is 3.65. The SMILES string of the molecule is NC(=O)C1CCN(C(=O)C[C@@H](c2ccccc2)c2ccc(Cl)cc2)CC1. The van der Waals surface area contributed by atoms with Gasteiger partial charge in [-0.25, -0.2) is 0 Å². The monoisotopic (exact) mass is 370 g/mol. The highest BCUT2D eigenvalue weighted by atomic mass is 35.5. The molecule has 1 saturated heterocycles. The molecule has 0 bridgehead atoms. The van der Waals surface area contributed by atoms with E-state index in [0.717, 1.165) is 11.1 Å². The molecule has 1 atom stereocenters. The standard InChI is InChI=1S/C21H23ClN2O2/c22-18-8-6-16(7-9-18)19(15-4-2-1-3-5-15)14-20(25)24-12-10-17(11-13-24)21(23)26/h1-9,17,19H,10-14H2,(H2,23,26)/t19-/m0/s1. The Bertz CT molecular complexity index is 753. The predicted molar refractivity (Wildman–Crippen MR) is 103 cm³/mol. The van der Waals surface area contributed by atoms with Crippen molar-refractivity contribution in [2.75, 3.05) is 13.1 Å². The van der Waals surface area contributed by atoms with Gasteiger partial charge in [0.25, 0.3) is 0 Å². The zero-order valence-electron chi connectivity index (χ0n) is 14.6. The number of hydrogen-bond donors (Lipinski definition) is 1. The van der Waals surface area contributed by atoms with Gasteiger partial charge in [0.05, 0.1) is 0 Å². The molecular weight excluding hydrogens is 348 g/mol. The number of hydrogen-bond acceptors (Lipinski definition) is 2. The number of benzene rings is 2. The smallest absolute Gasteiger partial charge is 0.223 e. The highest BCUT2D eigenvalue weighted by Crippen LogP contribution is 2.30. The minimum Gasteiger partial charge on any atom is -0.369 e. The molecule has 1 aliphatic heterocycles. The number of primary amides is 1. The molecule has 0 unspecified atom stereocenters. The zero-order chi connectivity index (χ0) is 18.5. The second-order valence-electron chi connectivity index (χ2n) is 6.78. The summed E-state index contributed by atoms with van der Waals surface area (Å²) < 4.78 is 0. The summed E-state index contributed by atoms with van der Waals surface area (Å²) in [5.41, 5.74) is 7.56. The second-order valence-corrected chi connectivity index (χ2v) is 7.21. The van der Waals surface area contributed by atoms with Crippen molar-refractivity contribution in [3.63, 3.8) is 0 Å². The van der Waals surface area contributed by atoms with Crippen LogP contribution in [0.5, 0.6) is 0 Å². The third-order valence-corrected chi connectivity index (χ3v) is 5.36. The van der Waals surface area contributed by atoms with Crippen LogP contribution in [0.1, 0.15) is 36.3 Å². The van der Waals surface area contributed by atoms with Crippen LogP contribution >= 0.6 is 11.6 Å². The number of rotatable bonds is 5. The fourth-order valence-electron chi connectivity index (χ4n) is 3.53. The van der Waals surface area contributed by atoms with Crippen LogP contribution in [0.25, 0.3) is 0 Å². The predicted octanol–water partition coefficient (Wildman–Crippen LogP) is 3.59. The van der Waals surface area contributed by atoms with Crippen LogP contribution in [0.15, 0.2) is 54.6 Å². The largest absolute Gasteiger partial charge is 0.369 e. The Morgan fingerprint density at radius 1 is 1.00 bits per heavy atom. The van der Waals surface area contributed by atoms with Crippen molar-refractivity contribution in [3.8, 4) is 0 Å². The lowest BCUT2D eigenvalue weighted by atomic mass is 9.87. The Kier molecular flexibility index (Phi) is 5.94. The minimum atomic E-state index is -0.263. The molecule has 2 aromatic carbocycles. The lowest BCUT2D eigenvalue weighted by Crippen LogP contribution is -2.42. The number of halogens is 1. The first-order valence-corrected chi connectivity index (χ1v) is 9.30. The molecule has 1 heterocycles. The van der Waals surface area contributed by atoms with E-state index in [4.69, 9.17) is 17.3 Å². The third-order valence-electron chi connectivity index (χ3n) is 5.10. The van der Waals surface area contributed by atoms with Crippen LogP contribution < -0.4 is 5.73 Å². The lowest BCUT2D eigenvalue weighted by molar-refractivity contribution is -0.135. The maximum atomic E-state index is 12.9. The van der Waals surface area contributed by atoms with E-state index in [-0.39, 0.29) is 23.7 Å². The van der Waals surface area contributed by atoms with Gasteiger partial charge in [-0.05, 0) is 36.1 Å². The quantitative estimate of drug-likeness (QED) is 0.874. The molecule has 3 rings (SSSR count). The fraction of sp³-hybridized carbons (Fsp3) is 0.333. The number of carbonyl (C=O) groups is 2. The minimum absolute atomic E-state index is 0.0187. The summed E-state index contributed by atoms with van der Waals surface area (Å²) in [7, 11) is 0. The average molecular weight is 371 g/mol. The first-order chi connectivity index (χ1) is 12.5. The Morgan fingerprint density at radius 2 is 1.58 bits per heavy atom. The van der Waals surface area contributed by atoms with Gasteiger partial charge < -0.3 is 10.6 Å². The first kappa shape index (κ1) is 18.5. The van der Waals surface area contributed by atoms with Gasteiger partial charge in [-0.15, -0.1) is 0 Å². The van der Waals surface area contributed by atoms with Crippen molar-refractivity contribution < 1.29 is 9.59 Å². The molecule has 2 N–H and O–H groups in total. The van der Waals surface area contributed by atoms with Crippen LogP contribution in [0, 0.1) is 5.92 Å². The second kappa shape index (κ2) is 8.37. The van der Waals surface area contributed by atoms with Crippen LogP contribution in [0.4, 0.5) is 0 Å². The average Bonchev–Trinajstić information content (AvgIpc) is 2.67. The molecular formula is C21H23ClN2O2. The molecule has 0 radical (unpaired) electrons. The summed E-state index contributed by atoms with van der Waals surface area (Å²) in [5, 5.41) is 0.681. The van der Waals surface area contributed by atoms with Crippen LogP contribution in [0.2, 0.25) is 5.02 Å². The Balaban J connectivity index is 1.75. The molecule has 4 nitrogen and oxygen atoms in total. The van der Waals surface area contributed by atoms with E-state index in [0.29, 0.717) is 37.4 Å². The van der Waals surface area contributed by atoms with Crippen molar-refractivity contribution in [2.24, 2.45) is 11.7 Å². The molecule has 0 aromatic heterocycles.